The van der Waals surface area contributed by atoms with E-state index in [0.717, 1.165) is 22.0 Å². The van der Waals surface area contributed by atoms with Gasteiger partial charge in [-0.3, -0.25) is 43.7 Å². The Balaban J connectivity index is 1.99. The van der Waals surface area contributed by atoms with Crippen molar-refractivity contribution in [1.82, 2.24) is 14.5 Å². The highest BCUT2D eigenvalue weighted by Gasteiger charge is 2.45. The van der Waals surface area contributed by atoms with Crippen LogP contribution in [0.2, 0.25) is 0 Å². The highest BCUT2D eigenvalue weighted by Crippen LogP contribution is 2.32. The van der Waals surface area contributed by atoms with E-state index < -0.39 is 51.2 Å². The fourth-order valence-corrected chi connectivity index (χ4v) is 3.73. The number of imide groups is 1. The van der Waals surface area contributed by atoms with Crippen LogP contribution in [-0.2, 0) is 11.3 Å². The molecule has 1 aromatic carbocycles. The molecular formula is C20H22N6O7. The zero-order valence-electron chi connectivity index (χ0n) is 18.2. The van der Waals surface area contributed by atoms with Crippen LogP contribution in [-0.4, -0.2) is 50.2 Å². The van der Waals surface area contributed by atoms with Gasteiger partial charge in [-0.2, -0.15) is 0 Å². The van der Waals surface area contributed by atoms with Crippen molar-refractivity contribution in [2.75, 3.05) is 17.7 Å². The normalized spacial score (nSPS) is 13.7. The lowest BCUT2D eigenvalue weighted by molar-refractivity contribution is -0.385. The number of hydrogen-bond donors (Lipinski definition) is 2. The van der Waals surface area contributed by atoms with Crippen LogP contribution in [0.5, 0.6) is 0 Å². The molecule has 2 heterocycles. The maximum atomic E-state index is 13.2. The predicted molar refractivity (Wildman–Crippen MR) is 117 cm³/mol. The molecule has 13 heteroatoms. The molecule has 13 nitrogen and oxygen atoms in total. The number of amides is 3. The topological polar surface area (TPSA) is 182 Å². The van der Waals surface area contributed by atoms with Crippen LogP contribution >= 0.6 is 0 Å². The fraction of sp³-hybridized carbons (Fsp3) is 0.350. The highest BCUT2D eigenvalue weighted by atomic mass is 16.6. The van der Waals surface area contributed by atoms with Crippen molar-refractivity contribution in [1.29, 1.82) is 0 Å². The molecule has 0 aliphatic carbocycles. The average molecular weight is 458 g/mol. The van der Waals surface area contributed by atoms with Crippen molar-refractivity contribution in [3.05, 3.63) is 60.3 Å². The van der Waals surface area contributed by atoms with Crippen LogP contribution in [0.25, 0.3) is 0 Å². The minimum absolute atomic E-state index is 0.193. The standard InChI is InChI=1S/C20H22N6O7/c1-4-5-9-24-15(21)14(16(27)22-20(24)31)23(3)17(28)10(2)25-18(29)11-7-6-8-12(26(32)33)13(11)19(25)30/h6-8,10H,4-5,9,21H2,1-3H3,(H,22,27,31). The number of nitrogens with zero attached hydrogens (tertiary/aromatic N) is 4. The molecule has 0 radical (unpaired) electrons. The van der Waals surface area contributed by atoms with Crippen LogP contribution < -0.4 is 21.9 Å². The number of likely N-dealkylation sites (N-methyl/N-ethyl adjacent to an activating group) is 1. The van der Waals surface area contributed by atoms with Gasteiger partial charge in [0.05, 0.1) is 10.5 Å². The van der Waals surface area contributed by atoms with Crippen LogP contribution in [0.3, 0.4) is 0 Å². The largest absolute Gasteiger partial charge is 0.383 e. The zero-order valence-corrected chi connectivity index (χ0v) is 18.2. The molecule has 0 spiro atoms. The Morgan fingerprint density at radius 2 is 1.91 bits per heavy atom. The molecule has 0 bridgehead atoms. The summed E-state index contributed by atoms with van der Waals surface area (Å²) in [6.07, 6.45) is 1.34. The zero-order chi connectivity index (χ0) is 24.6. The van der Waals surface area contributed by atoms with E-state index in [1.165, 1.54) is 26.1 Å². The van der Waals surface area contributed by atoms with Gasteiger partial charge in [0, 0.05) is 19.7 Å². The third kappa shape index (κ3) is 3.77. The number of nitro benzene ring substituents is 1. The summed E-state index contributed by atoms with van der Waals surface area (Å²) in [6, 6.07) is 2.20. The average Bonchev–Trinajstić information content (AvgIpc) is 3.02. The summed E-state index contributed by atoms with van der Waals surface area (Å²) in [5, 5.41) is 11.3. The van der Waals surface area contributed by atoms with Crippen LogP contribution in [0.4, 0.5) is 17.2 Å². The SMILES string of the molecule is CCCCn1c(N)c(N(C)C(=O)C(C)N2C(=O)c3cccc([N+](=O)[O-])c3C2=O)c(=O)[nH]c1=O. The first-order valence-corrected chi connectivity index (χ1v) is 10.1. The van der Waals surface area contributed by atoms with Gasteiger partial charge < -0.3 is 10.6 Å². The van der Waals surface area contributed by atoms with Crippen molar-refractivity contribution in [3.8, 4) is 0 Å². The molecule has 0 saturated heterocycles. The summed E-state index contributed by atoms with van der Waals surface area (Å²) in [5.41, 5.74) is 2.92. The summed E-state index contributed by atoms with van der Waals surface area (Å²) in [4.78, 5) is 77.5. The Bertz CT molecular complexity index is 1290. The van der Waals surface area contributed by atoms with Gasteiger partial charge in [-0.25, -0.2) is 4.79 Å². The van der Waals surface area contributed by atoms with Crippen molar-refractivity contribution in [3.63, 3.8) is 0 Å². The number of aromatic nitrogens is 2. The number of hydrogen-bond acceptors (Lipinski definition) is 8. The Hall–Kier alpha value is -4.29. The second-order valence-corrected chi connectivity index (χ2v) is 7.51. The van der Waals surface area contributed by atoms with Gasteiger partial charge in [-0.05, 0) is 19.4 Å². The molecule has 1 aromatic heterocycles. The molecular weight excluding hydrogens is 436 g/mol. The molecule has 1 aliphatic heterocycles. The van der Waals surface area contributed by atoms with E-state index >= 15 is 0 Å². The quantitative estimate of drug-likeness (QED) is 0.341. The summed E-state index contributed by atoms with van der Waals surface area (Å²) in [5.74, 6) is -2.96. The third-order valence-electron chi connectivity index (χ3n) is 5.48. The smallest absolute Gasteiger partial charge is 0.330 e. The molecule has 33 heavy (non-hydrogen) atoms. The van der Waals surface area contributed by atoms with E-state index in [0.29, 0.717) is 11.3 Å². The van der Waals surface area contributed by atoms with Crippen molar-refractivity contribution >= 4 is 34.9 Å². The van der Waals surface area contributed by atoms with Gasteiger partial charge in [0.25, 0.3) is 23.1 Å². The van der Waals surface area contributed by atoms with Gasteiger partial charge >= 0.3 is 5.69 Å². The molecule has 0 fully saturated rings. The van der Waals surface area contributed by atoms with E-state index in [4.69, 9.17) is 5.73 Å². The molecule has 1 aliphatic rings. The first kappa shape index (κ1) is 23.4. The number of fused-ring (bicyclic) bond motifs is 1. The Kier molecular flexibility index (Phi) is 6.15. The lowest BCUT2D eigenvalue weighted by atomic mass is 10.1. The molecule has 2 aromatic rings. The number of carbonyl (C=O) groups is 3. The number of benzene rings is 1. The van der Waals surface area contributed by atoms with E-state index in [1.807, 2.05) is 6.92 Å². The van der Waals surface area contributed by atoms with Gasteiger partial charge in [-0.1, -0.05) is 19.4 Å². The number of nitrogens with one attached hydrogen (secondary N) is 1. The van der Waals surface area contributed by atoms with Crippen LogP contribution in [0.1, 0.15) is 47.4 Å². The molecule has 1 atom stereocenters. The van der Waals surface area contributed by atoms with Crippen molar-refractivity contribution in [2.45, 2.75) is 39.3 Å². The van der Waals surface area contributed by atoms with Gasteiger partial charge in [0.1, 0.15) is 17.4 Å². The van der Waals surface area contributed by atoms with Crippen LogP contribution in [0, 0.1) is 10.1 Å². The maximum absolute atomic E-state index is 13.2. The van der Waals surface area contributed by atoms with E-state index in [1.54, 1.807) is 0 Å². The molecule has 3 amide bonds. The molecule has 3 N–H and O–H groups in total. The van der Waals surface area contributed by atoms with Gasteiger partial charge in [0.2, 0.25) is 5.91 Å². The minimum Gasteiger partial charge on any atom is -0.383 e. The summed E-state index contributed by atoms with van der Waals surface area (Å²) < 4.78 is 1.13. The number of rotatable bonds is 7. The second kappa shape index (κ2) is 8.68. The Labute approximate surface area is 186 Å². The minimum atomic E-state index is -1.42. The van der Waals surface area contributed by atoms with E-state index in [2.05, 4.69) is 4.98 Å². The summed E-state index contributed by atoms with van der Waals surface area (Å²) in [7, 11) is 1.22. The number of anilines is 2. The molecule has 174 valence electrons. The van der Waals surface area contributed by atoms with Crippen LogP contribution in [0.15, 0.2) is 27.8 Å². The number of unbranched alkanes of at least 4 members (excludes halogenated alkanes) is 1. The van der Waals surface area contributed by atoms with Crippen molar-refractivity contribution in [2.24, 2.45) is 0 Å². The number of nitro groups is 1. The number of carbonyl (C=O) groups excluding carboxylic acids is 3. The summed E-state index contributed by atoms with van der Waals surface area (Å²) >= 11 is 0. The lowest BCUT2D eigenvalue weighted by Gasteiger charge is -2.27. The number of aromatic amines is 1. The van der Waals surface area contributed by atoms with Gasteiger partial charge in [0.15, 0.2) is 5.69 Å². The Morgan fingerprint density at radius 3 is 2.52 bits per heavy atom. The lowest BCUT2D eigenvalue weighted by Crippen LogP contribution is -2.50. The van der Waals surface area contributed by atoms with E-state index in [-0.39, 0.29) is 23.6 Å². The molecule has 3 rings (SSSR count). The monoisotopic (exact) mass is 458 g/mol. The van der Waals surface area contributed by atoms with Gasteiger partial charge in [-0.15, -0.1) is 0 Å². The predicted octanol–water partition coefficient (Wildman–Crippen LogP) is 0.475. The van der Waals surface area contributed by atoms with E-state index in [9.17, 15) is 34.1 Å². The van der Waals surface area contributed by atoms with Crippen molar-refractivity contribution < 1.29 is 19.3 Å². The molecule has 1 unspecified atom stereocenters. The number of H-pyrrole nitrogens is 1. The summed E-state index contributed by atoms with van der Waals surface area (Å²) in [6.45, 7) is 3.37. The second-order valence-electron chi connectivity index (χ2n) is 7.51. The Morgan fingerprint density at radius 1 is 1.24 bits per heavy atom. The third-order valence-corrected chi connectivity index (χ3v) is 5.48. The molecule has 0 saturated carbocycles. The maximum Gasteiger partial charge on any atom is 0.330 e. The first-order valence-electron chi connectivity index (χ1n) is 10.1. The fourth-order valence-electron chi connectivity index (χ4n) is 3.73. The first-order chi connectivity index (χ1) is 15.5. The highest BCUT2D eigenvalue weighted by molar-refractivity contribution is 6.25. The number of nitrogens with two attached hydrogens (primary N) is 1. The number of nitrogen functional groups attached to an aromatic ring is 1.